The van der Waals surface area contributed by atoms with Crippen molar-refractivity contribution in [2.45, 2.75) is 50.0 Å². The first-order valence-electron chi connectivity index (χ1n) is 9.99. The van der Waals surface area contributed by atoms with Crippen LogP contribution < -0.4 is 5.73 Å². The van der Waals surface area contributed by atoms with Crippen molar-refractivity contribution in [2.24, 2.45) is 5.73 Å². The standard InChI is InChI=1S/C21H25N3O5S/c1-2-15-8-9-18(29-15)16-6-4-3-5-11-23(16)20(25)13-30-19-10-7-14(21(22)26)12-17(19)24(27)28/h7-10,12,16H,2-6,11,13H2,1H3,(H2,22,26). The van der Waals surface area contributed by atoms with Crippen LogP contribution in [0.4, 0.5) is 5.69 Å². The molecule has 2 heterocycles. The normalized spacial score (nSPS) is 16.8. The average molecular weight is 432 g/mol. The first-order chi connectivity index (χ1) is 14.4. The van der Waals surface area contributed by atoms with Gasteiger partial charge in [-0.2, -0.15) is 0 Å². The Balaban J connectivity index is 1.76. The molecular weight excluding hydrogens is 406 g/mol. The third kappa shape index (κ3) is 5.02. The molecule has 9 heteroatoms. The van der Waals surface area contributed by atoms with Gasteiger partial charge in [0.05, 0.1) is 21.6 Å². The lowest BCUT2D eigenvalue weighted by Crippen LogP contribution is -2.35. The smallest absolute Gasteiger partial charge is 0.283 e. The number of furan rings is 1. The fourth-order valence-electron chi connectivity index (χ4n) is 3.62. The maximum absolute atomic E-state index is 13.1. The third-order valence-corrected chi connectivity index (χ3v) is 6.27. The van der Waals surface area contributed by atoms with Gasteiger partial charge in [0.1, 0.15) is 11.5 Å². The van der Waals surface area contributed by atoms with Crippen molar-refractivity contribution < 1.29 is 18.9 Å². The number of thioether (sulfide) groups is 1. The maximum atomic E-state index is 13.1. The number of nitro groups is 1. The molecule has 0 saturated carbocycles. The second-order valence-corrected chi connectivity index (χ2v) is 8.22. The number of nitrogens with two attached hydrogens (primary N) is 1. The molecule has 2 amide bonds. The summed E-state index contributed by atoms with van der Waals surface area (Å²) in [7, 11) is 0. The summed E-state index contributed by atoms with van der Waals surface area (Å²) in [4.78, 5) is 37.4. The molecular formula is C21H25N3O5S. The highest BCUT2D eigenvalue weighted by Crippen LogP contribution is 2.34. The molecule has 1 atom stereocenters. The predicted octanol–water partition coefficient (Wildman–Crippen LogP) is 4.09. The molecule has 1 aliphatic heterocycles. The van der Waals surface area contributed by atoms with E-state index in [0.29, 0.717) is 11.4 Å². The summed E-state index contributed by atoms with van der Waals surface area (Å²) in [5.41, 5.74) is 5.05. The van der Waals surface area contributed by atoms with Crippen LogP contribution in [0.15, 0.2) is 39.6 Å². The van der Waals surface area contributed by atoms with E-state index in [1.165, 1.54) is 12.1 Å². The Kier molecular flexibility index (Phi) is 7.15. The van der Waals surface area contributed by atoms with Gasteiger partial charge in [-0.05, 0) is 37.1 Å². The molecule has 1 unspecified atom stereocenters. The van der Waals surface area contributed by atoms with Gasteiger partial charge in [0, 0.05) is 24.6 Å². The zero-order chi connectivity index (χ0) is 21.7. The quantitative estimate of drug-likeness (QED) is 0.401. The van der Waals surface area contributed by atoms with E-state index in [-0.39, 0.29) is 29.0 Å². The maximum Gasteiger partial charge on any atom is 0.283 e. The topological polar surface area (TPSA) is 120 Å². The number of rotatable bonds is 7. The van der Waals surface area contributed by atoms with E-state index >= 15 is 0 Å². The number of primary amides is 1. The van der Waals surface area contributed by atoms with Gasteiger partial charge in [0.15, 0.2) is 0 Å². The largest absolute Gasteiger partial charge is 0.464 e. The van der Waals surface area contributed by atoms with E-state index in [0.717, 1.165) is 61.5 Å². The molecule has 0 aliphatic carbocycles. The van der Waals surface area contributed by atoms with Gasteiger partial charge in [-0.1, -0.05) is 19.8 Å². The molecule has 0 radical (unpaired) electrons. The van der Waals surface area contributed by atoms with Gasteiger partial charge in [0.25, 0.3) is 5.69 Å². The van der Waals surface area contributed by atoms with Crippen molar-refractivity contribution in [1.29, 1.82) is 0 Å². The van der Waals surface area contributed by atoms with E-state index in [9.17, 15) is 19.7 Å². The highest BCUT2D eigenvalue weighted by Gasteiger charge is 2.29. The summed E-state index contributed by atoms with van der Waals surface area (Å²) >= 11 is 1.10. The molecule has 1 aliphatic rings. The summed E-state index contributed by atoms with van der Waals surface area (Å²) < 4.78 is 5.92. The van der Waals surface area contributed by atoms with Crippen molar-refractivity contribution in [2.75, 3.05) is 12.3 Å². The Bertz CT molecular complexity index is 942. The number of hydrogen-bond donors (Lipinski definition) is 1. The molecule has 1 fully saturated rings. The molecule has 3 rings (SSSR count). The molecule has 1 aromatic carbocycles. The second kappa shape index (κ2) is 9.80. The fourth-order valence-corrected chi connectivity index (χ4v) is 4.51. The zero-order valence-electron chi connectivity index (χ0n) is 16.8. The highest BCUT2D eigenvalue weighted by atomic mass is 32.2. The number of carbonyl (C=O) groups is 2. The SMILES string of the molecule is CCc1ccc(C2CCCCCN2C(=O)CSc2ccc(C(N)=O)cc2[N+](=O)[O-])o1. The molecule has 1 saturated heterocycles. The lowest BCUT2D eigenvalue weighted by molar-refractivity contribution is -0.387. The number of nitrogens with zero attached hydrogens (tertiary/aromatic N) is 2. The monoisotopic (exact) mass is 431 g/mol. The van der Waals surface area contributed by atoms with Gasteiger partial charge in [0.2, 0.25) is 11.8 Å². The minimum Gasteiger partial charge on any atom is -0.464 e. The first kappa shape index (κ1) is 21.9. The molecule has 0 bridgehead atoms. The van der Waals surface area contributed by atoms with Crippen molar-refractivity contribution in [1.82, 2.24) is 4.90 Å². The van der Waals surface area contributed by atoms with E-state index < -0.39 is 10.8 Å². The van der Waals surface area contributed by atoms with Crippen LogP contribution >= 0.6 is 11.8 Å². The Labute approximate surface area is 178 Å². The molecule has 1 aromatic heterocycles. The zero-order valence-corrected chi connectivity index (χ0v) is 17.7. The number of likely N-dealkylation sites (tertiary alicyclic amines) is 1. The van der Waals surface area contributed by atoms with Crippen LogP contribution in [0.3, 0.4) is 0 Å². The minimum atomic E-state index is -0.733. The summed E-state index contributed by atoms with van der Waals surface area (Å²) in [6.07, 6.45) is 4.61. The van der Waals surface area contributed by atoms with Gasteiger partial charge in [-0.15, -0.1) is 11.8 Å². The van der Waals surface area contributed by atoms with Crippen LogP contribution in [0, 0.1) is 10.1 Å². The number of benzene rings is 1. The Morgan fingerprint density at radius 1 is 1.27 bits per heavy atom. The first-order valence-corrected chi connectivity index (χ1v) is 11.0. The molecule has 30 heavy (non-hydrogen) atoms. The Morgan fingerprint density at radius 2 is 2.07 bits per heavy atom. The summed E-state index contributed by atoms with van der Waals surface area (Å²) in [6.45, 7) is 2.65. The summed E-state index contributed by atoms with van der Waals surface area (Å²) in [5.74, 6) is 0.928. The lowest BCUT2D eigenvalue weighted by atomic mass is 10.1. The lowest BCUT2D eigenvalue weighted by Gasteiger charge is -2.28. The van der Waals surface area contributed by atoms with Crippen LogP contribution in [0.2, 0.25) is 0 Å². The van der Waals surface area contributed by atoms with E-state index in [1.807, 2.05) is 24.0 Å². The highest BCUT2D eigenvalue weighted by molar-refractivity contribution is 8.00. The number of nitro benzene ring substituents is 1. The van der Waals surface area contributed by atoms with E-state index in [4.69, 9.17) is 10.2 Å². The molecule has 8 nitrogen and oxygen atoms in total. The van der Waals surface area contributed by atoms with Gasteiger partial charge >= 0.3 is 0 Å². The third-order valence-electron chi connectivity index (χ3n) is 5.22. The number of hydrogen-bond acceptors (Lipinski definition) is 6. The van der Waals surface area contributed by atoms with Gasteiger partial charge < -0.3 is 15.1 Å². The number of amides is 2. The molecule has 0 spiro atoms. The summed E-state index contributed by atoms with van der Waals surface area (Å²) in [5, 5.41) is 11.4. The average Bonchev–Trinajstić information content (AvgIpc) is 3.08. The van der Waals surface area contributed by atoms with Crippen molar-refractivity contribution in [3.8, 4) is 0 Å². The van der Waals surface area contributed by atoms with Crippen LogP contribution in [0.5, 0.6) is 0 Å². The minimum absolute atomic E-state index is 0.0641. The second-order valence-electron chi connectivity index (χ2n) is 7.20. The summed E-state index contributed by atoms with van der Waals surface area (Å²) in [6, 6.07) is 7.83. The molecule has 160 valence electrons. The Hall–Kier alpha value is -2.81. The molecule has 2 aromatic rings. The van der Waals surface area contributed by atoms with Crippen LogP contribution in [-0.2, 0) is 11.2 Å². The van der Waals surface area contributed by atoms with Crippen LogP contribution in [0.25, 0.3) is 0 Å². The fraction of sp³-hybridized carbons (Fsp3) is 0.429. The molecule has 2 N–H and O–H groups in total. The van der Waals surface area contributed by atoms with Crippen LogP contribution in [-0.4, -0.2) is 33.9 Å². The number of carbonyl (C=O) groups excluding carboxylic acids is 2. The van der Waals surface area contributed by atoms with Gasteiger partial charge in [-0.3, -0.25) is 19.7 Å². The Morgan fingerprint density at radius 3 is 2.73 bits per heavy atom. The van der Waals surface area contributed by atoms with E-state index in [1.54, 1.807) is 0 Å². The van der Waals surface area contributed by atoms with E-state index in [2.05, 4.69) is 0 Å². The van der Waals surface area contributed by atoms with Crippen molar-refractivity contribution in [3.05, 3.63) is 57.5 Å². The van der Waals surface area contributed by atoms with Crippen molar-refractivity contribution >= 4 is 29.3 Å². The van der Waals surface area contributed by atoms with Gasteiger partial charge in [-0.25, -0.2) is 0 Å². The predicted molar refractivity (Wildman–Crippen MR) is 113 cm³/mol. The number of aryl methyl sites for hydroxylation is 1. The van der Waals surface area contributed by atoms with Crippen LogP contribution in [0.1, 0.15) is 60.5 Å². The van der Waals surface area contributed by atoms with Crippen molar-refractivity contribution in [3.63, 3.8) is 0 Å².